The van der Waals surface area contributed by atoms with E-state index in [4.69, 9.17) is 4.74 Å². The number of ether oxygens (including phenoxy) is 1. The predicted octanol–water partition coefficient (Wildman–Crippen LogP) is 2.59. The molecule has 0 aliphatic carbocycles. The Morgan fingerprint density at radius 2 is 2.43 bits per heavy atom. The van der Waals surface area contributed by atoms with Crippen LogP contribution in [0.5, 0.6) is 0 Å². The molecule has 2 saturated heterocycles. The Balaban J connectivity index is 1.95. The van der Waals surface area contributed by atoms with Crippen molar-refractivity contribution < 1.29 is 4.74 Å². The van der Waals surface area contributed by atoms with Crippen molar-refractivity contribution in [2.24, 2.45) is 5.41 Å². The van der Waals surface area contributed by atoms with E-state index in [9.17, 15) is 5.26 Å². The fourth-order valence-electron chi connectivity index (χ4n) is 2.77. The number of hydrogen-bond donors (Lipinski definition) is 0. The molecule has 0 spiro atoms. The minimum Gasteiger partial charge on any atom is -0.373 e. The average molecular weight is 211 g/mol. The van der Waals surface area contributed by atoms with Gasteiger partial charge < -0.3 is 4.74 Å². The Morgan fingerprint density at radius 3 is 2.93 bits per heavy atom. The van der Waals surface area contributed by atoms with Gasteiger partial charge >= 0.3 is 0 Å². The first-order valence-electron chi connectivity index (χ1n) is 5.36. The van der Waals surface area contributed by atoms with Gasteiger partial charge in [-0.15, -0.1) is 0 Å². The van der Waals surface area contributed by atoms with Crippen LogP contribution in [0.3, 0.4) is 0 Å². The van der Waals surface area contributed by atoms with Crippen molar-refractivity contribution in [3.63, 3.8) is 0 Å². The summed E-state index contributed by atoms with van der Waals surface area (Å²) < 4.78 is 5.78. The smallest absolute Gasteiger partial charge is 0.0860 e. The largest absolute Gasteiger partial charge is 0.373 e. The van der Waals surface area contributed by atoms with E-state index < -0.39 is 0 Å². The summed E-state index contributed by atoms with van der Waals surface area (Å²) in [6.07, 6.45) is 8.23. The van der Waals surface area contributed by atoms with Crippen LogP contribution < -0.4 is 0 Å². The summed E-state index contributed by atoms with van der Waals surface area (Å²) in [5, 5.41) is 9.30. The Hall–Kier alpha value is -0.200. The van der Waals surface area contributed by atoms with Gasteiger partial charge in [0.1, 0.15) is 0 Å². The van der Waals surface area contributed by atoms with Gasteiger partial charge in [-0.05, 0) is 44.1 Å². The monoisotopic (exact) mass is 211 g/mol. The molecule has 2 nitrogen and oxygen atoms in total. The van der Waals surface area contributed by atoms with Crippen LogP contribution in [0.4, 0.5) is 0 Å². The van der Waals surface area contributed by atoms with Crippen LogP contribution in [0, 0.1) is 16.7 Å². The van der Waals surface area contributed by atoms with E-state index in [1.807, 2.05) is 11.8 Å². The molecule has 3 atom stereocenters. The van der Waals surface area contributed by atoms with Crippen LogP contribution in [0.25, 0.3) is 0 Å². The topological polar surface area (TPSA) is 33.0 Å². The SMILES string of the molecule is CSCCCC1(C#N)CC2CCC1O2. The van der Waals surface area contributed by atoms with Crippen molar-refractivity contribution in [1.82, 2.24) is 0 Å². The molecule has 0 radical (unpaired) electrons. The van der Waals surface area contributed by atoms with Gasteiger partial charge in [0.05, 0.1) is 23.7 Å². The molecule has 0 aromatic carbocycles. The van der Waals surface area contributed by atoms with Crippen LogP contribution in [0.1, 0.15) is 32.1 Å². The van der Waals surface area contributed by atoms with E-state index in [1.165, 1.54) is 12.2 Å². The minimum atomic E-state index is -0.126. The standard InChI is InChI=1S/C11H17NOS/c1-14-6-2-5-11(8-12)7-9-3-4-10(11)13-9/h9-10H,2-7H2,1H3. The van der Waals surface area contributed by atoms with Crippen molar-refractivity contribution in [2.45, 2.75) is 44.3 Å². The highest BCUT2D eigenvalue weighted by molar-refractivity contribution is 7.98. The summed E-state index contributed by atoms with van der Waals surface area (Å²) in [5.74, 6) is 1.17. The maximum Gasteiger partial charge on any atom is 0.0860 e. The van der Waals surface area contributed by atoms with Crippen molar-refractivity contribution in [2.75, 3.05) is 12.0 Å². The maximum absolute atomic E-state index is 9.30. The fraction of sp³-hybridized carbons (Fsp3) is 0.909. The van der Waals surface area contributed by atoms with Crippen molar-refractivity contribution in [3.05, 3.63) is 0 Å². The number of fused-ring (bicyclic) bond motifs is 2. The van der Waals surface area contributed by atoms with Gasteiger partial charge in [0.25, 0.3) is 0 Å². The van der Waals surface area contributed by atoms with Gasteiger partial charge in [0.2, 0.25) is 0 Å². The Labute approximate surface area is 90.0 Å². The van der Waals surface area contributed by atoms with E-state index in [0.29, 0.717) is 6.10 Å². The highest BCUT2D eigenvalue weighted by Crippen LogP contribution is 2.50. The van der Waals surface area contributed by atoms with E-state index >= 15 is 0 Å². The quantitative estimate of drug-likeness (QED) is 0.670. The van der Waals surface area contributed by atoms with Gasteiger partial charge in [0.15, 0.2) is 0 Å². The second-order valence-electron chi connectivity index (χ2n) is 4.39. The number of nitriles is 1. The molecule has 2 heterocycles. The third-order valence-electron chi connectivity index (χ3n) is 3.51. The van der Waals surface area contributed by atoms with Gasteiger partial charge in [-0.3, -0.25) is 0 Å². The molecule has 0 aromatic rings. The molecule has 2 rings (SSSR count). The van der Waals surface area contributed by atoms with E-state index in [2.05, 4.69) is 12.3 Å². The second kappa shape index (κ2) is 4.12. The van der Waals surface area contributed by atoms with Crippen LogP contribution in [0.2, 0.25) is 0 Å². The molecule has 2 bridgehead atoms. The highest BCUT2D eigenvalue weighted by Gasteiger charge is 2.52. The fourth-order valence-corrected chi connectivity index (χ4v) is 3.20. The number of rotatable bonds is 4. The summed E-state index contributed by atoms with van der Waals surface area (Å²) in [6.45, 7) is 0. The zero-order valence-corrected chi connectivity index (χ0v) is 9.48. The van der Waals surface area contributed by atoms with Crippen molar-refractivity contribution >= 4 is 11.8 Å². The summed E-state index contributed by atoms with van der Waals surface area (Å²) in [7, 11) is 0. The van der Waals surface area contributed by atoms with E-state index in [0.717, 1.165) is 25.7 Å². The third kappa shape index (κ3) is 1.66. The molecule has 0 saturated carbocycles. The first kappa shape index (κ1) is 10.3. The van der Waals surface area contributed by atoms with Crippen LogP contribution in [-0.2, 0) is 4.74 Å². The minimum absolute atomic E-state index is 0.126. The first-order valence-corrected chi connectivity index (χ1v) is 6.76. The van der Waals surface area contributed by atoms with E-state index in [1.54, 1.807) is 0 Å². The lowest BCUT2D eigenvalue weighted by Crippen LogP contribution is -2.30. The van der Waals surface area contributed by atoms with Crippen molar-refractivity contribution in [3.8, 4) is 6.07 Å². The lowest BCUT2D eigenvalue weighted by molar-refractivity contribution is 0.0762. The molecule has 3 unspecified atom stereocenters. The molecule has 0 amide bonds. The van der Waals surface area contributed by atoms with E-state index in [-0.39, 0.29) is 11.5 Å². The van der Waals surface area contributed by atoms with Gasteiger partial charge in [0, 0.05) is 0 Å². The molecule has 2 aliphatic heterocycles. The highest BCUT2D eigenvalue weighted by atomic mass is 32.2. The Kier molecular flexibility index (Phi) is 3.04. The third-order valence-corrected chi connectivity index (χ3v) is 4.21. The Morgan fingerprint density at radius 1 is 1.57 bits per heavy atom. The van der Waals surface area contributed by atoms with Gasteiger partial charge in [-0.2, -0.15) is 17.0 Å². The molecule has 0 aromatic heterocycles. The summed E-state index contributed by atoms with van der Waals surface area (Å²) >= 11 is 1.86. The van der Waals surface area contributed by atoms with Crippen molar-refractivity contribution in [1.29, 1.82) is 5.26 Å². The zero-order chi connectivity index (χ0) is 10.0. The molecular weight excluding hydrogens is 194 g/mol. The molecule has 3 heteroatoms. The van der Waals surface area contributed by atoms with Gasteiger partial charge in [-0.25, -0.2) is 0 Å². The molecule has 2 aliphatic rings. The van der Waals surface area contributed by atoms with Crippen LogP contribution >= 0.6 is 11.8 Å². The number of thioether (sulfide) groups is 1. The number of nitrogens with zero attached hydrogens (tertiary/aromatic N) is 1. The van der Waals surface area contributed by atoms with Crippen LogP contribution in [-0.4, -0.2) is 24.2 Å². The molecule has 2 fully saturated rings. The molecule has 78 valence electrons. The lowest BCUT2D eigenvalue weighted by Gasteiger charge is -2.27. The average Bonchev–Trinajstić information content (AvgIpc) is 2.78. The second-order valence-corrected chi connectivity index (χ2v) is 5.38. The number of hydrogen-bond acceptors (Lipinski definition) is 3. The summed E-state index contributed by atoms with van der Waals surface area (Å²) in [6, 6.07) is 2.53. The normalized spacial score (nSPS) is 40.0. The predicted molar refractivity (Wildman–Crippen MR) is 58.2 cm³/mol. The molecular formula is C11H17NOS. The lowest BCUT2D eigenvalue weighted by atomic mass is 9.72. The summed E-state index contributed by atoms with van der Waals surface area (Å²) in [5.41, 5.74) is -0.126. The Bertz CT molecular complexity index is 250. The maximum atomic E-state index is 9.30. The molecule has 14 heavy (non-hydrogen) atoms. The first-order chi connectivity index (χ1) is 6.80. The molecule has 0 N–H and O–H groups in total. The summed E-state index contributed by atoms with van der Waals surface area (Å²) in [4.78, 5) is 0. The van der Waals surface area contributed by atoms with Gasteiger partial charge in [-0.1, -0.05) is 0 Å². The van der Waals surface area contributed by atoms with Crippen LogP contribution in [0.15, 0.2) is 0 Å². The zero-order valence-electron chi connectivity index (χ0n) is 8.66.